The Morgan fingerprint density at radius 2 is 1.91 bits per heavy atom. The first-order valence-corrected chi connectivity index (χ1v) is 12.5. The number of fused-ring (bicyclic) bond motifs is 1. The van der Waals surface area contributed by atoms with Crippen molar-refractivity contribution in [2.75, 3.05) is 61.0 Å². The van der Waals surface area contributed by atoms with E-state index in [1.54, 1.807) is 42.3 Å². The van der Waals surface area contributed by atoms with Gasteiger partial charge in [0, 0.05) is 33.2 Å². The summed E-state index contributed by atoms with van der Waals surface area (Å²) in [4.78, 5) is 21.9. The van der Waals surface area contributed by atoms with E-state index in [2.05, 4.69) is 15.0 Å². The highest BCUT2D eigenvalue weighted by Gasteiger charge is 2.34. The van der Waals surface area contributed by atoms with Gasteiger partial charge >= 0.3 is 6.09 Å². The maximum Gasteiger partial charge on any atom is 0.414 e. The van der Waals surface area contributed by atoms with Crippen molar-refractivity contribution in [3.8, 4) is 0 Å². The number of nitrogens with one attached hydrogen (secondary N) is 2. The standard InChI is InChI=1S/C22H25FN6O4S/c1-27-19-4-2-3-5-20(19)34(31,32)26-21(27)25-13-16-14-29(22(30)33-16)15-6-7-18(17(23)12-15)28-10-8-24-9-11-28/h2-7,12,16,24H,8-11,13-14H2,1H3,(H,25,26)/t16-/m0/s1. The molecule has 0 spiro atoms. The molecular weight excluding hydrogens is 463 g/mol. The van der Waals surface area contributed by atoms with E-state index < -0.39 is 28.0 Å². The predicted molar refractivity (Wildman–Crippen MR) is 127 cm³/mol. The molecule has 2 aromatic carbocycles. The summed E-state index contributed by atoms with van der Waals surface area (Å²) in [6.45, 7) is 3.24. The summed E-state index contributed by atoms with van der Waals surface area (Å²) in [7, 11) is -2.04. The van der Waals surface area contributed by atoms with Crippen LogP contribution >= 0.6 is 0 Å². The molecule has 1 atom stereocenters. The number of guanidine groups is 1. The van der Waals surface area contributed by atoms with Crippen LogP contribution in [0.2, 0.25) is 0 Å². The van der Waals surface area contributed by atoms with Crippen molar-refractivity contribution in [2.45, 2.75) is 11.0 Å². The summed E-state index contributed by atoms with van der Waals surface area (Å²) >= 11 is 0. The van der Waals surface area contributed by atoms with Crippen LogP contribution < -0.4 is 24.7 Å². The Bertz CT molecular complexity index is 1250. The first-order valence-electron chi connectivity index (χ1n) is 11.0. The van der Waals surface area contributed by atoms with Gasteiger partial charge in [0.2, 0.25) is 5.96 Å². The van der Waals surface area contributed by atoms with Gasteiger partial charge in [-0.2, -0.15) is 0 Å². The number of amides is 1. The van der Waals surface area contributed by atoms with E-state index in [0.717, 1.165) is 13.1 Å². The first-order chi connectivity index (χ1) is 16.3. The molecule has 3 heterocycles. The molecule has 2 N–H and O–H groups in total. The molecular formula is C22H25FN6O4S. The van der Waals surface area contributed by atoms with E-state index in [0.29, 0.717) is 30.2 Å². The third-order valence-electron chi connectivity index (χ3n) is 6.08. The molecule has 2 aromatic rings. The maximum absolute atomic E-state index is 14.8. The lowest BCUT2D eigenvalue weighted by molar-refractivity contribution is 0.145. The number of sulfonamides is 1. The summed E-state index contributed by atoms with van der Waals surface area (Å²) in [6, 6.07) is 11.3. The van der Waals surface area contributed by atoms with Crippen molar-refractivity contribution in [3.63, 3.8) is 0 Å². The summed E-state index contributed by atoms with van der Waals surface area (Å²) in [6.07, 6.45) is -1.20. The normalized spacial score (nSPS) is 23.0. The number of carbonyl (C=O) groups is 1. The number of cyclic esters (lactones) is 1. The Labute approximate surface area is 197 Å². The molecule has 0 unspecified atom stereocenters. The zero-order chi connectivity index (χ0) is 23.9. The van der Waals surface area contributed by atoms with Gasteiger partial charge in [0.15, 0.2) is 0 Å². The lowest BCUT2D eigenvalue weighted by atomic mass is 10.2. The Morgan fingerprint density at radius 1 is 1.15 bits per heavy atom. The Morgan fingerprint density at radius 3 is 2.68 bits per heavy atom. The topological polar surface area (TPSA) is 107 Å². The molecule has 10 nitrogen and oxygen atoms in total. The van der Waals surface area contributed by atoms with Gasteiger partial charge in [-0.05, 0) is 30.3 Å². The van der Waals surface area contributed by atoms with E-state index in [1.807, 2.05) is 4.90 Å². The van der Waals surface area contributed by atoms with Crippen LogP contribution in [0.1, 0.15) is 0 Å². The molecule has 180 valence electrons. The van der Waals surface area contributed by atoms with Gasteiger partial charge < -0.3 is 19.9 Å². The minimum absolute atomic E-state index is 0.0495. The molecule has 0 aromatic heterocycles. The van der Waals surface area contributed by atoms with Crippen LogP contribution in [-0.2, 0) is 14.8 Å². The highest BCUT2D eigenvalue weighted by atomic mass is 32.2. The highest BCUT2D eigenvalue weighted by Crippen LogP contribution is 2.29. The number of benzene rings is 2. The van der Waals surface area contributed by atoms with Crippen molar-refractivity contribution in [1.29, 1.82) is 0 Å². The third kappa shape index (κ3) is 4.14. The van der Waals surface area contributed by atoms with Crippen LogP contribution in [-0.4, -0.2) is 72.9 Å². The number of nitrogens with zero attached hydrogens (tertiary/aromatic N) is 4. The third-order valence-corrected chi connectivity index (χ3v) is 7.45. The van der Waals surface area contributed by atoms with Gasteiger partial charge in [0.25, 0.3) is 10.0 Å². The summed E-state index contributed by atoms with van der Waals surface area (Å²) in [5.74, 6) is -0.257. The van der Waals surface area contributed by atoms with Crippen LogP contribution in [0.15, 0.2) is 52.4 Å². The molecule has 0 bridgehead atoms. The first kappa shape index (κ1) is 22.4. The van der Waals surface area contributed by atoms with Crippen LogP contribution in [0.5, 0.6) is 0 Å². The highest BCUT2D eigenvalue weighted by molar-refractivity contribution is 7.90. The zero-order valence-corrected chi connectivity index (χ0v) is 19.4. The van der Waals surface area contributed by atoms with Gasteiger partial charge in [0.1, 0.15) is 16.8 Å². The number of piperazine rings is 1. The number of hydrogen-bond acceptors (Lipinski definition) is 7. The Kier molecular flexibility index (Phi) is 5.78. The van der Waals surface area contributed by atoms with Gasteiger partial charge in [0.05, 0.1) is 30.2 Å². The summed E-state index contributed by atoms with van der Waals surface area (Å²) in [5, 5.41) is 3.23. The van der Waals surface area contributed by atoms with Crippen LogP contribution in [0, 0.1) is 5.82 Å². The number of hydrogen-bond donors (Lipinski definition) is 2. The number of aliphatic imine (C=N–C) groups is 1. The lowest BCUT2D eigenvalue weighted by Gasteiger charge is -2.30. The molecule has 0 aliphatic carbocycles. The van der Waals surface area contributed by atoms with Crippen molar-refractivity contribution in [3.05, 3.63) is 48.3 Å². The van der Waals surface area contributed by atoms with Crippen molar-refractivity contribution in [1.82, 2.24) is 10.0 Å². The predicted octanol–water partition coefficient (Wildman–Crippen LogP) is 1.34. The fourth-order valence-corrected chi connectivity index (χ4v) is 5.59. The second kappa shape index (κ2) is 8.76. The molecule has 5 rings (SSSR count). The van der Waals surface area contributed by atoms with E-state index >= 15 is 0 Å². The number of rotatable bonds is 4. The van der Waals surface area contributed by atoms with Gasteiger partial charge in [-0.25, -0.2) is 27.3 Å². The van der Waals surface area contributed by atoms with E-state index in [9.17, 15) is 17.6 Å². The summed E-state index contributed by atoms with van der Waals surface area (Å²) < 4.78 is 47.7. The SMILES string of the molecule is CN1C(=NC[C@H]2CN(c3ccc(N4CCNCC4)c(F)c3)C(=O)O2)NS(=O)(=O)c2ccccc21. The second-order valence-electron chi connectivity index (χ2n) is 8.29. The molecule has 2 fully saturated rings. The maximum atomic E-state index is 14.8. The van der Waals surface area contributed by atoms with Crippen LogP contribution in [0.4, 0.5) is 26.2 Å². The molecule has 1 amide bonds. The average molecular weight is 489 g/mol. The summed E-state index contributed by atoms with van der Waals surface area (Å²) in [5.41, 5.74) is 1.42. The van der Waals surface area contributed by atoms with Gasteiger partial charge in [-0.15, -0.1) is 0 Å². The van der Waals surface area contributed by atoms with E-state index in [4.69, 9.17) is 4.74 Å². The van der Waals surface area contributed by atoms with Crippen LogP contribution in [0.3, 0.4) is 0 Å². The number of para-hydroxylation sites is 1. The fraction of sp³-hybridized carbons (Fsp3) is 0.364. The molecule has 12 heteroatoms. The van der Waals surface area contributed by atoms with E-state index in [1.165, 1.54) is 17.0 Å². The van der Waals surface area contributed by atoms with E-state index in [-0.39, 0.29) is 23.9 Å². The lowest BCUT2D eigenvalue weighted by Crippen LogP contribution is -2.47. The monoisotopic (exact) mass is 488 g/mol. The molecule has 2 saturated heterocycles. The zero-order valence-electron chi connectivity index (χ0n) is 18.6. The molecule has 3 aliphatic heterocycles. The largest absolute Gasteiger partial charge is 0.442 e. The number of halogens is 1. The molecule has 0 radical (unpaired) electrons. The van der Waals surface area contributed by atoms with Gasteiger partial charge in [-0.3, -0.25) is 4.90 Å². The number of ether oxygens (including phenoxy) is 1. The van der Waals surface area contributed by atoms with Gasteiger partial charge in [-0.1, -0.05) is 12.1 Å². The second-order valence-corrected chi connectivity index (χ2v) is 9.94. The Hall–Kier alpha value is -3.38. The van der Waals surface area contributed by atoms with Crippen LogP contribution in [0.25, 0.3) is 0 Å². The van der Waals surface area contributed by atoms with Crippen molar-refractivity contribution >= 4 is 39.1 Å². The Balaban J connectivity index is 1.29. The van der Waals surface area contributed by atoms with Crippen molar-refractivity contribution < 1.29 is 22.3 Å². The average Bonchev–Trinajstić information content (AvgIpc) is 3.21. The minimum Gasteiger partial charge on any atom is -0.442 e. The quantitative estimate of drug-likeness (QED) is 0.669. The number of carbonyl (C=O) groups excluding carboxylic acids is 1. The molecule has 0 saturated carbocycles. The molecule has 3 aliphatic rings. The minimum atomic E-state index is -3.74. The molecule has 34 heavy (non-hydrogen) atoms. The van der Waals surface area contributed by atoms with Crippen molar-refractivity contribution in [2.24, 2.45) is 4.99 Å². The smallest absolute Gasteiger partial charge is 0.414 e. The fourth-order valence-electron chi connectivity index (χ4n) is 4.30. The number of anilines is 3.